The molecular weight excluding hydrogens is 380 g/mol. The van der Waals surface area contributed by atoms with Crippen molar-refractivity contribution in [3.8, 4) is 5.75 Å². The molecule has 1 heterocycles. The van der Waals surface area contributed by atoms with E-state index in [1.54, 1.807) is 6.07 Å². The molecule has 2 N–H and O–H groups in total. The van der Waals surface area contributed by atoms with Crippen LogP contribution in [-0.4, -0.2) is 30.2 Å². The number of ether oxygens (including phenoxy) is 2. The molecule has 4 rings (SSSR count). The van der Waals surface area contributed by atoms with Crippen LogP contribution in [0.25, 0.3) is 21.8 Å². The van der Waals surface area contributed by atoms with Crippen molar-refractivity contribution < 1.29 is 19.1 Å². The van der Waals surface area contributed by atoms with Crippen molar-refractivity contribution in [2.75, 3.05) is 13.7 Å². The number of primary amides is 1. The van der Waals surface area contributed by atoms with Crippen LogP contribution in [0.2, 0.25) is 0 Å². The molecule has 0 aliphatic rings. The summed E-state index contributed by atoms with van der Waals surface area (Å²) in [6.45, 7) is 2.35. The van der Waals surface area contributed by atoms with Crippen LogP contribution in [0.3, 0.4) is 0 Å². The molecule has 1 aromatic heterocycles. The molecular formula is C24H22N2O4. The molecule has 1 amide bonds. The molecule has 6 nitrogen and oxygen atoms in total. The van der Waals surface area contributed by atoms with Crippen LogP contribution in [0.5, 0.6) is 5.75 Å². The molecule has 0 fully saturated rings. The molecule has 0 aliphatic heterocycles. The average molecular weight is 402 g/mol. The van der Waals surface area contributed by atoms with E-state index < -0.39 is 11.9 Å². The van der Waals surface area contributed by atoms with Gasteiger partial charge < -0.3 is 19.8 Å². The van der Waals surface area contributed by atoms with E-state index in [2.05, 4.69) is 16.7 Å². The summed E-state index contributed by atoms with van der Waals surface area (Å²) in [5.74, 6) is -0.479. The lowest BCUT2D eigenvalue weighted by Gasteiger charge is -2.10. The van der Waals surface area contributed by atoms with Crippen LogP contribution in [0.15, 0.2) is 60.7 Å². The molecule has 0 radical (unpaired) electrons. The van der Waals surface area contributed by atoms with E-state index in [0.29, 0.717) is 17.9 Å². The Morgan fingerprint density at radius 3 is 2.43 bits per heavy atom. The number of nitrogens with zero attached hydrogens (tertiary/aromatic N) is 1. The molecule has 0 bridgehead atoms. The number of methoxy groups -OCH3 is 1. The number of hydrogen-bond acceptors (Lipinski definition) is 4. The normalized spacial score (nSPS) is 11.0. The maximum atomic E-state index is 12.2. The summed E-state index contributed by atoms with van der Waals surface area (Å²) in [6, 6.07) is 19.5. The van der Waals surface area contributed by atoms with Gasteiger partial charge in [-0.1, -0.05) is 36.4 Å². The summed E-state index contributed by atoms with van der Waals surface area (Å²) in [5, 5.41) is 1.47. The standard InChI is InChI=1S/C24H22N2O4/c1-15-11-19-23(20(12-15)30-14-21(27)29-2)22-17(24(25)28)9-6-10-18(22)26(19)13-16-7-4-3-5-8-16/h3-12H,13-14H2,1-2H3,(H2,25,28). The Morgan fingerprint density at radius 1 is 0.967 bits per heavy atom. The third-order valence-corrected chi connectivity index (χ3v) is 5.12. The van der Waals surface area contributed by atoms with E-state index >= 15 is 0 Å². The maximum Gasteiger partial charge on any atom is 0.343 e. The zero-order valence-electron chi connectivity index (χ0n) is 16.8. The van der Waals surface area contributed by atoms with Crippen LogP contribution in [-0.2, 0) is 16.1 Å². The zero-order valence-corrected chi connectivity index (χ0v) is 16.8. The number of hydrogen-bond donors (Lipinski definition) is 1. The van der Waals surface area contributed by atoms with Crippen molar-refractivity contribution in [1.29, 1.82) is 0 Å². The molecule has 30 heavy (non-hydrogen) atoms. The van der Waals surface area contributed by atoms with E-state index in [4.69, 9.17) is 15.2 Å². The highest BCUT2D eigenvalue weighted by Crippen LogP contribution is 2.39. The number of aryl methyl sites for hydroxylation is 1. The smallest absolute Gasteiger partial charge is 0.343 e. The Balaban J connectivity index is 2.02. The monoisotopic (exact) mass is 402 g/mol. The Morgan fingerprint density at radius 2 is 1.73 bits per heavy atom. The maximum absolute atomic E-state index is 12.2. The van der Waals surface area contributed by atoms with E-state index in [9.17, 15) is 9.59 Å². The predicted octanol–water partition coefficient (Wildman–Crippen LogP) is 3.80. The summed E-state index contributed by atoms with van der Waals surface area (Å²) in [5.41, 5.74) is 9.98. The Bertz CT molecular complexity index is 1260. The van der Waals surface area contributed by atoms with Crippen LogP contribution in [0.4, 0.5) is 0 Å². The number of aromatic nitrogens is 1. The molecule has 6 heteroatoms. The third kappa shape index (κ3) is 3.48. The second kappa shape index (κ2) is 7.91. The van der Waals surface area contributed by atoms with Gasteiger partial charge in [0.25, 0.3) is 0 Å². The number of carbonyl (C=O) groups is 2. The minimum Gasteiger partial charge on any atom is -0.481 e. The first-order valence-electron chi connectivity index (χ1n) is 9.58. The highest BCUT2D eigenvalue weighted by Gasteiger charge is 2.21. The van der Waals surface area contributed by atoms with Gasteiger partial charge in [-0.25, -0.2) is 4.79 Å². The van der Waals surface area contributed by atoms with Gasteiger partial charge in [0.15, 0.2) is 6.61 Å². The summed E-state index contributed by atoms with van der Waals surface area (Å²) in [7, 11) is 1.31. The second-order valence-electron chi connectivity index (χ2n) is 7.16. The predicted molar refractivity (Wildman–Crippen MR) is 116 cm³/mol. The Kier molecular flexibility index (Phi) is 5.14. The summed E-state index contributed by atoms with van der Waals surface area (Å²) in [4.78, 5) is 23.9. The summed E-state index contributed by atoms with van der Waals surface area (Å²) in [6.07, 6.45) is 0. The Labute approximate surface area is 173 Å². The average Bonchev–Trinajstić information content (AvgIpc) is 3.05. The molecule has 3 aromatic carbocycles. The highest BCUT2D eigenvalue weighted by atomic mass is 16.6. The van der Waals surface area contributed by atoms with Gasteiger partial charge >= 0.3 is 5.97 Å². The fraction of sp³-hybridized carbons (Fsp3) is 0.167. The number of amides is 1. The number of benzene rings is 3. The first kappa shape index (κ1) is 19.5. The molecule has 0 atom stereocenters. The summed E-state index contributed by atoms with van der Waals surface area (Å²) < 4.78 is 12.7. The van der Waals surface area contributed by atoms with Crippen molar-refractivity contribution >= 4 is 33.7 Å². The van der Waals surface area contributed by atoms with Crippen molar-refractivity contribution in [3.05, 3.63) is 77.4 Å². The minimum atomic E-state index is -0.515. The largest absolute Gasteiger partial charge is 0.481 e. The fourth-order valence-electron chi connectivity index (χ4n) is 3.81. The number of rotatable bonds is 6. The topological polar surface area (TPSA) is 83.6 Å². The van der Waals surface area contributed by atoms with Crippen LogP contribution < -0.4 is 10.5 Å². The van der Waals surface area contributed by atoms with Gasteiger partial charge in [-0.15, -0.1) is 0 Å². The van der Waals surface area contributed by atoms with Gasteiger partial charge in [-0.05, 0) is 42.3 Å². The van der Waals surface area contributed by atoms with Crippen molar-refractivity contribution in [1.82, 2.24) is 4.57 Å². The lowest BCUT2D eigenvalue weighted by atomic mass is 10.0. The quantitative estimate of drug-likeness (QED) is 0.497. The van der Waals surface area contributed by atoms with Gasteiger partial charge in [0, 0.05) is 17.5 Å². The van der Waals surface area contributed by atoms with Gasteiger partial charge in [-0.2, -0.15) is 0 Å². The number of nitrogens with two attached hydrogens (primary N) is 1. The zero-order chi connectivity index (χ0) is 21.3. The number of fused-ring (bicyclic) bond motifs is 3. The number of esters is 1. The van der Waals surface area contributed by atoms with Gasteiger partial charge in [0.05, 0.1) is 23.5 Å². The minimum absolute atomic E-state index is 0.223. The molecule has 0 saturated heterocycles. The molecule has 0 saturated carbocycles. The van der Waals surface area contributed by atoms with Crippen molar-refractivity contribution in [2.45, 2.75) is 13.5 Å². The van der Waals surface area contributed by atoms with E-state index in [0.717, 1.165) is 32.9 Å². The Hall–Kier alpha value is -3.80. The summed E-state index contributed by atoms with van der Waals surface area (Å²) >= 11 is 0. The SMILES string of the molecule is COC(=O)COc1cc(C)cc2c1c1c(C(N)=O)cccc1n2Cc1ccccc1. The molecule has 152 valence electrons. The van der Waals surface area contributed by atoms with Crippen molar-refractivity contribution in [3.63, 3.8) is 0 Å². The third-order valence-electron chi connectivity index (χ3n) is 5.12. The molecule has 0 aliphatic carbocycles. The van der Waals surface area contributed by atoms with Gasteiger partial charge in [0.2, 0.25) is 5.91 Å². The van der Waals surface area contributed by atoms with Gasteiger partial charge in [0.1, 0.15) is 5.75 Å². The van der Waals surface area contributed by atoms with E-state index in [1.165, 1.54) is 7.11 Å². The van der Waals surface area contributed by atoms with Crippen LogP contribution in [0, 0.1) is 6.92 Å². The molecule has 0 unspecified atom stereocenters. The van der Waals surface area contributed by atoms with E-state index in [1.807, 2.05) is 49.4 Å². The molecule has 4 aromatic rings. The lowest BCUT2D eigenvalue weighted by molar-refractivity contribution is -0.142. The van der Waals surface area contributed by atoms with Gasteiger partial charge in [-0.3, -0.25) is 4.79 Å². The van der Waals surface area contributed by atoms with Crippen LogP contribution in [0.1, 0.15) is 21.5 Å². The second-order valence-corrected chi connectivity index (χ2v) is 7.16. The lowest BCUT2D eigenvalue weighted by Crippen LogP contribution is -2.13. The highest BCUT2D eigenvalue weighted by molar-refractivity contribution is 6.19. The number of carbonyl (C=O) groups excluding carboxylic acids is 2. The first-order chi connectivity index (χ1) is 14.5. The molecule has 0 spiro atoms. The first-order valence-corrected chi connectivity index (χ1v) is 9.58. The van der Waals surface area contributed by atoms with Crippen molar-refractivity contribution in [2.24, 2.45) is 5.73 Å². The van der Waals surface area contributed by atoms with E-state index in [-0.39, 0.29) is 6.61 Å². The fourth-order valence-corrected chi connectivity index (χ4v) is 3.81. The van der Waals surface area contributed by atoms with Crippen LogP contribution >= 0.6 is 0 Å².